The first-order valence-corrected chi connectivity index (χ1v) is 6.71. The van der Waals surface area contributed by atoms with Crippen LogP contribution in [0.5, 0.6) is 0 Å². The van der Waals surface area contributed by atoms with Crippen molar-refractivity contribution in [1.82, 2.24) is 10.0 Å². The Balaban J connectivity index is 2.12. The van der Waals surface area contributed by atoms with Crippen LogP contribution in [-0.2, 0) is 10.0 Å². The van der Waals surface area contributed by atoms with Gasteiger partial charge in [-0.25, -0.2) is 13.1 Å². The highest BCUT2D eigenvalue weighted by atomic mass is 32.2. The lowest BCUT2D eigenvalue weighted by molar-refractivity contribution is -0.132. The molecule has 1 aliphatic rings. The second-order valence-electron chi connectivity index (χ2n) is 3.81. The fourth-order valence-corrected chi connectivity index (χ4v) is 2.05. The van der Waals surface area contributed by atoms with Crippen LogP contribution in [0.25, 0.3) is 0 Å². The molecule has 2 N–H and O–H groups in total. The molecule has 0 aliphatic heterocycles. The van der Waals surface area contributed by atoms with E-state index in [9.17, 15) is 21.6 Å². The summed E-state index contributed by atoms with van der Waals surface area (Å²) < 4.78 is 59.6. The Morgan fingerprint density at radius 3 is 2.31 bits per heavy atom. The van der Waals surface area contributed by atoms with Crippen molar-refractivity contribution in [3.63, 3.8) is 0 Å². The summed E-state index contributed by atoms with van der Waals surface area (Å²) in [6.07, 6.45) is -3.37. The quantitative estimate of drug-likeness (QED) is 0.705. The van der Waals surface area contributed by atoms with Crippen LogP contribution in [0.3, 0.4) is 0 Å². The van der Waals surface area contributed by atoms with E-state index in [0.29, 0.717) is 6.04 Å². The van der Waals surface area contributed by atoms with Gasteiger partial charge >= 0.3 is 6.18 Å². The summed E-state index contributed by atoms with van der Waals surface area (Å²) in [5.41, 5.74) is 0. The smallest absolute Gasteiger partial charge is 0.313 e. The monoisotopic (exact) mass is 260 g/mol. The fraction of sp³-hybridized carbons (Fsp3) is 1.00. The van der Waals surface area contributed by atoms with Crippen molar-refractivity contribution in [3.8, 4) is 0 Å². The van der Waals surface area contributed by atoms with E-state index in [1.807, 2.05) is 4.72 Å². The lowest BCUT2D eigenvalue weighted by atomic mass is 10.4. The van der Waals surface area contributed by atoms with Crippen molar-refractivity contribution >= 4 is 10.0 Å². The number of sulfonamides is 1. The van der Waals surface area contributed by atoms with Gasteiger partial charge in [0.25, 0.3) is 0 Å². The number of alkyl halides is 3. The minimum atomic E-state index is -4.32. The minimum Gasteiger partial charge on any atom is -0.313 e. The van der Waals surface area contributed by atoms with Crippen LogP contribution in [0.2, 0.25) is 0 Å². The Morgan fingerprint density at radius 2 is 1.81 bits per heavy atom. The van der Waals surface area contributed by atoms with Gasteiger partial charge < -0.3 is 5.32 Å². The van der Waals surface area contributed by atoms with E-state index < -0.39 is 29.2 Å². The second-order valence-corrected chi connectivity index (χ2v) is 5.73. The van der Waals surface area contributed by atoms with E-state index in [4.69, 9.17) is 0 Å². The molecule has 0 saturated heterocycles. The minimum absolute atomic E-state index is 0.179. The highest BCUT2D eigenvalue weighted by Crippen LogP contribution is 2.19. The molecule has 0 unspecified atom stereocenters. The summed E-state index contributed by atoms with van der Waals surface area (Å²) in [4.78, 5) is 0. The van der Waals surface area contributed by atoms with Gasteiger partial charge in [-0.3, -0.25) is 0 Å². The van der Waals surface area contributed by atoms with Gasteiger partial charge in [-0.2, -0.15) is 13.2 Å². The third-order valence-electron chi connectivity index (χ3n) is 2.11. The molecular formula is C8H15F3N2O2S. The predicted octanol–water partition coefficient (Wildman–Crippen LogP) is 0.610. The molecule has 0 aromatic carbocycles. The first-order chi connectivity index (χ1) is 7.29. The van der Waals surface area contributed by atoms with Gasteiger partial charge in [-0.1, -0.05) is 0 Å². The van der Waals surface area contributed by atoms with E-state index in [1.165, 1.54) is 0 Å². The normalized spacial score (nSPS) is 17.7. The molecule has 8 heteroatoms. The van der Waals surface area contributed by atoms with Gasteiger partial charge in [-0.15, -0.1) is 0 Å². The molecule has 1 fully saturated rings. The highest BCUT2D eigenvalue weighted by Gasteiger charge is 2.27. The Bertz CT molecular complexity index is 312. The molecule has 0 aromatic heterocycles. The van der Waals surface area contributed by atoms with Crippen LogP contribution in [0.1, 0.15) is 19.3 Å². The summed E-state index contributed by atoms with van der Waals surface area (Å²) in [5, 5.41) is 2.98. The van der Waals surface area contributed by atoms with E-state index >= 15 is 0 Å². The van der Waals surface area contributed by atoms with Crippen molar-refractivity contribution in [2.45, 2.75) is 31.5 Å². The van der Waals surface area contributed by atoms with E-state index in [0.717, 1.165) is 12.8 Å². The molecule has 0 atom stereocenters. The SMILES string of the molecule is O=S(=O)(CCNC1CC1)NCCC(F)(F)F. The summed E-state index contributed by atoms with van der Waals surface area (Å²) in [6.45, 7) is -0.304. The third-order valence-corrected chi connectivity index (χ3v) is 3.50. The van der Waals surface area contributed by atoms with Crippen molar-refractivity contribution in [1.29, 1.82) is 0 Å². The van der Waals surface area contributed by atoms with Crippen molar-refractivity contribution in [2.75, 3.05) is 18.8 Å². The Hall–Kier alpha value is -0.340. The zero-order valence-electron chi connectivity index (χ0n) is 8.68. The molecule has 0 amide bonds. The Kier molecular flexibility index (Phi) is 4.57. The second kappa shape index (κ2) is 5.33. The van der Waals surface area contributed by atoms with Crippen molar-refractivity contribution in [2.24, 2.45) is 0 Å². The van der Waals surface area contributed by atoms with Crippen LogP contribution in [-0.4, -0.2) is 39.5 Å². The van der Waals surface area contributed by atoms with Crippen LogP contribution in [0.4, 0.5) is 13.2 Å². The fourth-order valence-electron chi connectivity index (χ4n) is 1.11. The summed E-state index contributed by atoms with van der Waals surface area (Å²) in [6, 6.07) is 0.394. The van der Waals surface area contributed by atoms with Gasteiger partial charge in [0.05, 0.1) is 12.2 Å². The van der Waals surface area contributed by atoms with Gasteiger partial charge in [0, 0.05) is 19.1 Å². The standard InChI is InChI=1S/C8H15F3N2O2S/c9-8(10,11)3-4-13-16(14,15)6-5-12-7-1-2-7/h7,12-13H,1-6H2. The molecule has 0 radical (unpaired) electrons. The predicted molar refractivity (Wildman–Crippen MR) is 53.5 cm³/mol. The number of hydrogen-bond donors (Lipinski definition) is 2. The molecule has 0 aromatic rings. The maximum atomic E-state index is 11.7. The molecule has 1 rings (SSSR count). The molecule has 96 valence electrons. The third kappa shape index (κ3) is 7.02. The topological polar surface area (TPSA) is 58.2 Å². The Labute approximate surface area is 92.6 Å². The molecule has 4 nitrogen and oxygen atoms in total. The zero-order valence-corrected chi connectivity index (χ0v) is 9.50. The van der Waals surface area contributed by atoms with Gasteiger partial charge in [0.15, 0.2) is 0 Å². The zero-order chi connectivity index (χ0) is 12.2. The molecule has 0 heterocycles. The summed E-state index contributed by atoms with van der Waals surface area (Å²) in [5.74, 6) is -0.179. The maximum Gasteiger partial charge on any atom is 0.390 e. The molecule has 0 bridgehead atoms. The summed E-state index contributed by atoms with van der Waals surface area (Å²) in [7, 11) is -3.58. The Morgan fingerprint density at radius 1 is 1.19 bits per heavy atom. The van der Waals surface area contributed by atoms with Crippen molar-refractivity contribution < 1.29 is 21.6 Å². The number of nitrogens with one attached hydrogen (secondary N) is 2. The number of rotatable bonds is 7. The summed E-state index contributed by atoms with van der Waals surface area (Å²) >= 11 is 0. The van der Waals surface area contributed by atoms with Crippen LogP contribution >= 0.6 is 0 Å². The van der Waals surface area contributed by atoms with E-state index in [2.05, 4.69) is 5.32 Å². The lowest BCUT2D eigenvalue weighted by Crippen LogP contribution is -2.34. The van der Waals surface area contributed by atoms with Crippen LogP contribution in [0.15, 0.2) is 0 Å². The number of halogens is 3. The molecule has 1 saturated carbocycles. The molecule has 0 spiro atoms. The van der Waals surface area contributed by atoms with Gasteiger partial charge in [-0.05, 0) is 12.8 Å². The molecule has 1 aliphatic carbocycles. The van der Waals surface area contributed by atoms with E-state index in [1.54, 1.807) is 0 Å². The van der Waals surface area contributed by atoms with Crippen LogP contribution in [0, 0.1) is 0 Å². The number of hydrogen-bond acceptors (Lipinski definition) is 3. The van der Waals surface area contributed by atoms with Gasteiger partial charge in [0.2, 0.25) is 10.0 Å². The average Bonchev–Trinajstić information content (AvgIpc) is 2.84. The van der Waals surface area contributed by atoms with Gasteiger partial charge in [0.1, 0.15) is 0 Å². The van der Waals surface area contributed by atoms with Crippen LogP contribution < -0.4 is 10.0 Å². The molecule has 16 heavy (non-hydrogen) atoms. The van der Waals surface area contributed by atoms with E-state index in [-0.39, 0.29) is 12.3 Å². The average molecular weight is 260 g/mol. The van der Waals surface area contributed by atoms with Crippen molar-refractivity contribution in [3.05, 3.63) is 0 Å². The first-order valence-electron chi connectivity index (χ1n) is 5.06. The first kappa shape index (κ1) is 13.7. The highest BCUT2D eigenvalue weighted by molar-refractivity contribution is 7.89. The largest absolute Gasteiger partial charge is 0.390 e. The maximum absolute atomic E-state index is 11.7. The lowest BCUT2D eigenvalue weighted by Gasteiger charge is -2.08. The molecular weight excluding hydrogens is 245 g/mol.